The van der Waals surface area contributed by atoms with Crippen LogP contribution in [-0.4, -0.2) is 5.11 Å². The van der Waals surface area contributed by atoms with Gasteiger partial charge in [0.05, 0.1) is 0 Å². The van der Waals surface area contributed by atoms with Gasteiger partial charge >= 0.3 is 0 Å². The zero-order valence-corrected chi connectivity index (χ0v) is 12.3. The van der Waals surface area contributed by atoms with Crippen molar-refractivity contribution in [1.82, 2.24) is 0 Å². The molecule has 2 rings (SSSR count). The van der Waals surface area contributed by atoms with Crippen LogP contribution in [-0.2, 0) is 0 Å². The number of benzene rings is 2. The molecule has 2 aromatic carbocycles. The fourth-order valence-electron chi connectivity index (χ4n) is 2.12. The van der Waals surface area contributed by atoms with Crippen LogP contribution in [0.1, 0.15) is 48.1 Å². The summed E-state index contributed by atoms with van der Waals surface area (Å²) in [7, 11) is 0. The molecule has 0 fully saturated rings. The Hall–Kier alpha value is -1.31. The van der Waals surface area contributed by atoms with Gasteiger partial charge < -0.3 is 5.11 Å². The van der Waals surface area contributed by atoms with E-state index in [4.69, 9.17) is 11.6 Å². The van der Waals surface area contributed by atoms with Crippen molar-refractivity contribution in [2.75, 3.05) is 0 Å². The van der Waals surface area contributed by atoms with Crippen molar-refractivity contribution in [2.24, 2.45) is 0 Å². The number of aryl methyl sites for hydroxylation is 1. The second-order valence-electron chi connectivity index (χ2n) is 5.20. The van der Waals surface area contributed by atoms with E-state index in [-0.39, 0.29) is 0 Å². The van der Waals surface area contributed by atoms with E-state index >= 15 is 0 Å². The van der Waals surface area contributed by atoms with E-state index in [9.17, 15) is 5.11 Å². The highest BCUT2D eigenvalue weighted by Crippen LogP contribution is 2.30. The molecule has 0 saturated carbocycles. The number of halogens is 1. The van der Waals surface area contributed by atoms with Crippen molar-refractivity contribution in [1.29, 1.82) is 0 Å². The van der Waals surface area contributed by atoms with Gasteiger partial charge in [0.15, 0.2) is 0 Å². The molecule has 0 aromatic heterocycles. The van der Waals surface area contributed by atoms with Crippen LogP contribution in [0.2, 0.25) is 5.02 Å². The van der Waals surface area contributed by atoms with E-state index in [1.54, 1.807) is 0 Å². The molecule has 0 radical (unpaired) electrons. The number of aliphatic hydroxyl groups excluding tert-OH is 1. The maximum Gasteiger partial charge on any atom is 0.105 e. The number of hydrogen-bond acceptors (Lipinski definition) is 1. The lowest BCUT2D eigenvalue weighted by atomic mass is 9.96. The van der Waals surface area contributed by atoms with E-state index in [1.165, 1.54) is 5.56 Å². The summed E-state index contributed by atoms with van der Waals surface area (Å²) in [5.74, 6) is 0.494. The molecule has 100 valence electrons. The maximum absolute atomic E-state index is 10.4. The lowest BCUT2D eigenvalue weighted by molar-refractivity contribution is 0.220. The lowest BCUT2D eigenvalue weighted by Gasteiger charge is -2.15. The molecule has 1 N–H and O–H groups in total. The van der Waals surface area contributed by atoms with E-state index in [0.29, 0.717) is 10.9 Å². The van der Waals surface area contributed by atoms with E-state index in [1.807, 2.05) is 37.3 Å². The highest BCUT2D eigenvalue weighted by atomic mass is 35.5. The Labute approximate surface area is 119 Å². The summed E-state index contributed by atoms with van der Waals surface area (Å²) in [4.78, 5) is 0. The quantitative estimate of drug-likeness (QED) is 0.848. The fourth-order valence-corrected chi connectivity index (χ4v) is 2.35. The van der Waals surface area contributed by atoms with Crippen LogP contribution < -0.4 is 0 Å². The molecule has 2 aromatic rings. The van der Waals surface area contributed by atoms with E-state index < -0.39 is 6.10 Å². The summed E-state index contributed by atoms with van der Waals surface area (Å²) in [5.41, 5.74) is 3.89. The van der Waals surface area contributed by atoms with Crippen LogP contribution in [0.15, 0.2) is 42.5 Å². The monoisotopic (exact) mass is 274 g/mol. The van der Waals surface area contributed by atoms with Gasteiger partial charge in [-0.25, -0.2) is 0 Å². The Morgan fingerprint density at radius 3 is 2.11 bits per heavy atom. The van der Waals surface area contributed by atoms with E-state index in [0.717, 1.165) is 16.7 Å². The van der Waals surface area contributed by atoms with Gasteiger partial charge in [0.25, 0.3) is 0 Å². The second-order valence-corrected chi connectivity index (χ2v) is 5.58. The fraction of sp³-hybridized carbons (Fsp3) is 0.294. The van der Waals surface area contributed by atoms with Gasteiger partial charge in [0.2, 0.25) is 0 Å². The highest BCUT2D eigenvalue weighted by Gasteiger charge is 2.15. The molecular formula is C17H19ClO. The summed E-state index contributed by atoms with van der Waals surface area (Å²) in [6.45, 7) is 6.26. The topological polar surface area (TPSA) is 20.2 Å². The van der Waals surface area contributed by atoms with E-state index in [2.05, 4.69) is 26.0 Å². The normalized spacial score (nSPS) is 12.7. The minimum atomic E-state index is -0.673. The molecular weight excluding hydrogens is 256 g/mol. The molecule has 0 amide bonds. The summed E-state index contributed by atoms with van der Waals surface area (Å²) < 4.78 is 0. The zero-order valence-electron chi connectivity index (χ0n) is 11.5. The predicted octanol–water partition coefficient (Wildman–Crippen LogP) is 4.85. The Balaban J connectivity index is 2.33. The minimum absolute atomic E-state index is 0.494. The first kappa shape index (κ1) is 14.1. The van der Waals surface area contributed by atoms with Crippen LogP contribution >= 0.6 is 11.6 Å². The molecule has 0 saturated heterocycles. The Morgan fingerprint density at radius 2 is 1.53 bits per heavy atom. The summed E-state index contributed by atoms with van der Waals surface area (Å²) in [5, 5.41) is 11.1. The Bertz CT molecular complexity index is 558. The third-order valence-corrected chi connectivity index (χ3v) is 3.95. The first-order valence-corrected chi connectivity index (χ1v) is 6.91. The molecule has 2 heteroatoms. The molecule has 19 heavy (non-hydrogen) atoms. The molecule has 0 heterocycles. The lowest BCUT2D eigenvalue weighted by Crippen LogP contribution is -2.01. The van der Waals surface area contributed by atoms with Gasteiger partial charge in [0, 0.05) is 10.6 Å². The molecule has 0 spiro atoms. The van der Waals surface area contributed by atoms with Gasteiger partial charge in [-0.3, -0.25) is 0 Å². The molecule has 0 aliphatic carbocycles. The van der Waals surface area contributed by atoms with Crippen LogP contribution in [0, 0.1) is 6.92 Å². The SMILES string of the molecule is Cc1cccc(C(O)c2ccc(C(C)C)cc2)c1Cl. The van der Waals surface area contributed by atoms with Gasteiger partial charge in [-0.05, 0) is 29.5 Å². The van der Waals surface area contributed by atoms with Crippen LogP contribution in [0.25, 0.3) is 0 Å². The standard InChI is InChI=1S/C17H19ClO/c1-11(2)13-7-9-14(10-8-13)17(19)15-6-4-5-12(3)16(15)18/h4-11,17,19H,1-3H3. The first-order chi connectivity index (χ1) is 9.00. The number of rotatable bonds is 3. The summed E-state index contributed by atoms with van der Waals surface area (Å²) >= 11 is 6.26. The number of hydrogen-bond donors (Lipinski definition) is 1. The summed E-state index contributed by atoms with van der Waals surface area (Å²) in [6, 6.07) is 13.8. The molecule has 0 bridgehead atoms. The molecule has 0 aliphatic rings. The maximum atomic E-state index is 10.4. The van der Waals surface area contributed by atoms with Crippen molar-refractivity contribution in [2.45, 2.75) is 32.8 Å². The van der Waals surface area contributed by atoms with Crippen molar-refractivity contribution in [3.8, 4) is 0 Å². The molecule has 0 aliphatic heterocycles. The highest BCUT2D eigenvalue weighted by molar-refractivity contribution is 6.32. The molecule has 1 unspecified atom stereocenters. The van der Waals surface area contributed by atoms with Gasteiger partial charge in [-0.2, -0.15) is 0 Å². The predicted molar refractivity (Wildman–Crippen MR) is 80.8 cm³/mol. The third kappa shape index (κ3) is 2.99. The minimum Gasteiger partial charge on any atom is -0.384 e. The second kappa shape index (κ2) is 5.77. The molecule has 1 nitrogen and oxygen atoms in total. The largest absolute Gasteiger partial charge is 0.384 e. The third-order valence-electron chi connectivity index (χ3n) is 3.44. The average molecular weight is 275 g/mol. The average Bonchev–Trinajstić information content (AvgIpc) is 2.41. The van der Waals surface area contributed by atoms with Crippen LogP contribution in [0.5, 0.6) is 0 Å². The van der Waals surface area contributed by atoms with Gasteiger partial charge in [0.1, 0.15) is 6.10 Å². The van der Waals surface area contributed by atoms with Gasteiger partial charge in [-0.15, -0.1) is 0 Å². The van der Waals surface area contributed by atoms with Crippen LogP contribution in [0.3, 0.4) is 0 Å². The first-order valence-electron chi connectivity index (χ1n) is 6.53. The number of aliphatic hydroxyl groups is 1. The zero-order chi connectivity index (χ0) is 14.0. The molecule has 1 atom stereocenters. The smallest absolute Gasteiger partial charge is 0.105 e. The van der Waals surface area contributed by atoms with Crippen molar-refractivity contribution >= 4 is 11.6 Å². The van der Waals surface area contributed by atoms with Gasteiger partial charge in [-0.1, -0.05) is 67.9 Å². The summed E-state index contributed by atoms with van der Waals surface area (Å²) in [6.07, 6.45) is -0.673. The Morgan fingerprint density at radius 1 is 0.947 bits per heavy atom. The van der Waals surface area contributed by atoms with Crippen molar-refractivity contribution in [3.63, 3.8) is 0 Å². The van der Waals surface area contributed by atoms with Crippen molar-refractivity contribution < 1.29 is 5.11 Å². The van der Waals surface area contributed by atoms with Crippen molar-refractivity contribution in [3.05, 3.63) is 69.7 Å². The Kier molecular flexibility index (Phi) is 4.28. The van der Waals surface area contributed by atoms with Crippen LogP contribution in [0.4, 0.5) is 0 Å².